The van der Waals surface area contributed by atoms with Gasteiger partial charge < -0.3 is 10.2 Å². The van der Waals surface area contributed by atoms with Gasteiger partial charge in [0.1, 0.15) is 12.3 Å². The molecule has 0 aliphatic heterocycles. The zero-order valence-electron chi connectivity index (χ0n) is 12.1. The van der Waals surface area contributed by atoms with E-state index in [0.717, 1.165) is 11.5 Å². The fourth-order valence-electron chi connectivity index (χ4n) is 1.90. The summed E-state index contributed by atoms with van der Waals surface area (Å²) in [5.41, 5.74) is 6.69. The number of oxazole rings is 1. The average Bonchev–Trinajstić information content (AvgIpc) is 2.85. The van der Waals surface area contributed by atoms with Crippen molar-refractivity contribution in [3.8, 4) is 0 Å². The first-order valence-electron chi connectivity index (χ1n) is 6.43. The molecule has 2 aromatic heterocycles. The molecule has 2 heterocycles. The summed E-state index contributed by atoms with van der Waals surface area (Å²) < 4.78 is 7.50. The Balaban J connectivity index is 2.25. The molecule has 2 rings (SSSR count). The summed E-state index contributed by atoms with van der Waals surface area (Å²) in [6, 6.07) is 0. The van der Waals surface area contributed by atoms with Crippen molar-refractivity contribution in [1.29, 1.82) is 0 Å². The SMILES string of the molecule is CC(C)c1c(N)nnn1Cc1ncc(C(C)(C)C)o1. The monoisotopic (exact) mass is 263 g/mol. The van der Waals surface area contributed by atoms with Crippen LogP contribution >= 0.6 is 0 Å². The van der Waals surface area contributed by atoms with Crippen LogP contribution in [-0.4, -0.2) is 20.0 Å². The third-order valence-electron chi connectivity index (χ3n) is 2.93. The van der Waals surface area contributed by atoms with Crippen molar-refractivity contribution in [1.82, 2.24) is 20.0 Å². The molecule has 6 nitrogen and oxygen atoms in total. The van der Waals surface area contributed by atoms with Crippen LogP contribution in [0.1, 0.15) is 57.9 Å². The summed E-state index contributed by atoms with van der Waals surface area (Å²) >= 11 is 0. The maximum absolute atomic E-state index is 5.82. The minimum Gasteiger partial charge on any atom is -0.443 e. The molecule has 0 radical (unpaired) electrons. The van der Waals surface area contributed by atoms with Crippen molar-refractivity contribution in [2.75, 3.05) is 5.73 Å². The van der Waals surface area contributed by atoms with Crippen molar-refractivity contribution >= 4 is 5.82 Å². The molecule has 0 unspecified atom stereocenters. The van der Waals surface area contributed by atoms with E-state index in [0.29, 0.717) is 18.3 Å². The summed E-state index contributed by atoms with van der Waals surface area (Å²) in [6.07, 6.45) is 1.77. The largest absolute Gasteiger partial charge is 0.443 e. The van der Waals surface area contributed by atoms with Crippen LogP contribution in [0.25, 0.3) is 0 Å². The van der Waals surface area contributed by atoms with E-state index in [1.54, 1.807) is 10.9 Å². The molecule has 0 fully saturated rings. The number of rotatable bonds is 3. The second-order valence-electron chi connectivity index (χ2n) is 6.04. The third kappa shape index (κ3) is 2.77. The quantitative estimate of drug-likeness (QED) is 0.918. The van der Waals surface area contributed by atoms with Gasteiger partial charge in [0, 0.05) is 5.41 Å². The molecule has 0 aromatic carbocycles. The number of nitrogen functional groups attached to an aromatic ring is 1. The maximum Gasteiger partial charge on any atom is 0.216 e. The molecule has 19 heavy (non-hydrogen) atoms. The smallest absolute Gasteiger partial charge is 0.216 e. The molecular weight excluding hydrogens is 242 g/mol. The summed E-state index contributed by atoms with van der Waals surface area (Å²) in [4.78, 5) is 4.29. The molecule has 0 bridgehead atoms. The lowest BCUT2D eigenvalue weighted by atomic mass is 9.94. The van der Waals surface area contributed by atoms with Gasteiger partial charge in [0.25, 0.3) is 0 Å². The molecule has 0 amide bonds. The predicted molar refractivity (Wildman–Crippen MR) is 72.8 cm³/mol. The van der Waals surface area contributed by atoms with Crippen molar-refractivity contribution in [2.24, 2.45) is 0 Å². The first-order chi connectivity index (χ1) is 8.79. The van der Waals surface area contributed by atoms with Gasteiger partial charge in [0.2, 0.25) is 5.89 Å². The number of hydrogen-bond acceptors (Lipinski definition) is 5. The molecule has 104 valence electrons. The van der Waals surface area contributed by atoms with E-state index < -0.39 is 0 Å². The first-order valence-corrected chi connectivity index (χ1v) is 6.43. The highest BCUT2D eigenvalue weighted by molar-refractivity contribution is 5.35. The van der Waals surface area contributed by atoms with Gasteiger partial charge in [-0.05, 0) is 5.92 Å². The average molecular weight is 263 g/mol. The van der Waals surface area contributed by atoms with E-state index in [2.05, 4.69) is 49.9 Å². The van der Waals surface area contributed by atoms with Crippen LogP contribution in [0.15, 0.2) is 10.6 Å². The lowest BCUT2D eigenvalue weighted by Crippen LogP contribution is -2.10. The maximum atomic E-state index is 5.82. The molecule has 0 atom stereocenters. The number of aromatic nitrogens is 4. The van der Waals surface area contributed by atoms with Crippen LogP contribution in [0.5, 0.6) is 0 Å². The van der Waals surface area contributed by atoms with Crippen molar-refractivity contribution in [2.45, 2.75) is 52.5 Å². The van der Waals surface area contributed by atoms with Crippen LogP contribution < -0.4 is 5.73 Å². The lowest BCUT2D eigenvalue weighted by molar-refractivity contribution is 0.369. The van der Waals surface area contributed by atoms with Crippen molar-refractivity contribution < 1.29 is 4.42 Å². The Morgan fingerprint density at radius 3 is 2.58 bits per heavy atom. The Morgan fingerprint density at radius 1 is 1.37 bits per heavy atom. The van der Waals surface area contributed by atoms with Crippen LogP contribution in [0, 0.1) is 0 Å². The lowest BCUT2D eigenvalue weighted by Gasteiger charge is -2.13. The van der Waals surface area contributed by atoms with Gasteiger partial charge in [-0.25, -0.2) is 9.67 Å². The Labute approximate surface area is 113 Å². The van der Waals surface area contributed by atoms with E-state index >= 15 is 0 Å². The van der Waals surface area contributed by atoms with Crippen LogP contribution in [0.2, 0.25) is 0 Å². The summed E-state index contributed by atoms with van der Waals surface area (Å²) in [6.45, 7) is 10.8. The second kappa shape index (κ2) is 4.68. The molecule has 0 saturated heterocycles. The molecule has 6 heteroatoms. The van der Waals surface area contributed by atoms with Gasteiger partial charge in [-0.2, -0.15) is 0 Å². The van der Waals surface area contributed by atoms with E-state index in [1.165, 1.54) is 0 Å². The zero-order chi connectivity index (χ0) is 14.2. The Kier molecular flexibility index (Phi) is 3.34. The van der Waals surface area contributed by atoms with E-state index in [-0.39, 0.29) is 11.3 Å². The molecule has 2 aromatic rings. The second-order valence-corrected chi connectivity index (χ2v) is 6.04. The number of nitrogens with two attached hydrogens (primary N) is 1. The summed E-state index contributed by atoms with van der Waals surface area (Å²) in [5.74, 6) is 2.21. The van der Waals surface area contributed by atoms with Crippen molar-refractivity contribution in [3.05, 3.63) is 23.5 Å². The van der Waals surface area contributed by atoms with Gasteiger partial charge in [-0.3, -0.25) is 0 Å². The molecule has 0 spiro atoms. The normalized spacial score (nSPS) is 12.3. The highest BCUT2D eigenvalue weighted by atomic mass is 16.4. The fourth-order valence-corrected chi connectivity index (χ4v) is 1.90. The van der Waals surface area contributed by atoms with Crippen LogP contribution in [-0.2, 0) is 12.0 Å². The molecular formula is C13H21N5O. The number of hydrogen-bond donors (Lipinski definition) is 1. The summed E-state index contributed by atoms with van der Waals surface area (Å²) in [5, 5.41) is 7.96. The van der Waals surface area contributed by atoms with Crippen molar-refractivity contribution in [3.63, 3.8) is 0 Å². The topological polar surface area (TPSA) is 82.8 Å². The van der Waals surface area contributed by atoms with Gasteiger partial charge in [-0.1, -0.05) is 39.8 Å². The third-order valence-corrected chi connectivity index (χ3v) is 2.93. The van der Waals surface area contributed by atoms with Gasteiger partial charge >= 0.3 is 0 Å². The zero-order valence-corrected chi connectivity index (χ0v) is 12.1. The number of nitrogens with zero attached hydrogens (tertiary/aromatic N) is 4. The Bertz CT molecular complexity index is 562. The molecule has 0 aliphatic carbocycles. The van der Waals surface area contributed by atoms with Crippen LogP contribution in [0.3, 0.4) is 0 Å². The van der Waals surface area contributed by atoms with Gasteiger partial charge in [-0.15, -0.1) is 5.10 Å². The van der Waals surface area contributed by atoms with E-state index in [4.69, 9.17) is 10.2 Å². The number of anilines is 1. The summed E-state index contributed by atoms with van der Waals surface area (Å²) in [7, 11) is 0. The fraction of sp³-hybridized carbons (Fsp3) is 0.615. The minimum absolute atomic E-state index is 0.0481. The van der Waals surface area contributed by atoms with Gasteiger partial charge in [0.15, 0.2) is 5.82 Å². The highest BCUT2D eigenvalue weighted by Gasteiger charge is 2.20. The van der Waals surface area contributed by atoms with E-state index in [9.17, 15) is 0 Å². The van der Waals surface area contributed by atoms with Gasteiger partial charge in [0.05, 0.1) is 11.9 Å². The minimum atomic E-state index is -0.0481. The standard InChI is InChI=1S/C13H21N5O/c1-8(2)11-12(14)16-17-18(11)7-10-15-6-9(19-10)13(3,4)5/h6,8H,7,14H2,1-5H3. The Hall–Kier alpha value is -1.85. The van der Waals surface area contributed by atoms with E-state index in [1.807, 2.05) is 0 Å². The van der Waals surface area contributed by atoms with Crippen LogP contribution in [0.4, 0.5) is 5.82 Å². The first kappa shape index (κ1) is 13.6. The molecule has 0 aliphatic rings. The molecule has 2 N–H and O–H groups in total. The predicted octanol–water partition coefficient (Wildman–Crippen LogP) is 2.32. The Morgan fingerprint density at radius 2 is 2.05 bits per heavy atom. The highest BCUT2D eigenvalue weighted by Crippen LogP contribution is 2.24. The molecule has 0 saturated carbocycles.